The molecular weight excluding hydrogens is 204 g/mol. The number of benzene rings is 1. The molecule has 3 heteroatoms. The molecule has 1 N–H and O–H groups in total. The number of aliphatic hydroxyl groups is 1. The molecule has 1 saturated heterocycles. The van der Waals surface area contributed by atoms with Crippen molar-refractivity contribution in [1.29, 1.82) is 0 Å². The molecule has 2 rings (SSSR count). The van der Waals surface area contributed by atoms with E-state index in [9.17, 15) is 5.11 Å². The molecule has 0 atom stereocenters. The molecule has 1 aliphatic rings. The van der Waals surface area contributed by atoms with Crippen LogP contribution in [-0.2, 0) is 21.7 Å². The van der Waals surface area contributed by atoms with Crippen LogP contribution in [0.1, 0.15) is 24.0 Å². The predicted molar refractivity (Wildman–Crippen MR) is 61.1 cm³/mol. The lowest BCUT2D eigenvalue weighted by atomic mass is 9.84. The lowest BCUT2D eigenvalue weighted by molar-refractivity contribution is -0.0689. The summed E-state index contributed by atoms with van der Waals surface area (Å²) < 4.78 is 10.5. The highest BCUT2D eigenvalue weighted by molar-refractivity contribution is 5.32. The van der Waals surface area contributed by atoms with Crippen LogP contribution >= 0.6 is 0 Å². The number of ether oxygens (including phenoxy) is 2. The van der Waals surface area contributed by atoms with Gasteiger partial charge in [-0.1, -0.05) is 24.3 Å². The van der Waals surface area contributed by atoms with Crippen molar-refractivity contribution in [2.75, 3.05) is 20.3 Å². The molecule has 1 heterocycles. The second kappa shape index (κ2) is 4.95. The van der Waals surface area contributed by atoms with Gasteiger partial charge in [-0.3, -0.25) is 0 Å². The van der Waals surface area contributed by atoms with E-state index in [4.69, 9.17) is 9.47 Å². The zero-order chi connectivity index (χ0) is 11.4. The average Bonchev–Trinajstić information content (AvgIpc) is 2.31. The summed E-state index contributed by atoms with van der Waals surface area (Å²) in [6.45, 7) is 1.79. The van der Waals surface area contributed by atoms with Crippen LogP contribution in [0.3, 0.4) is 0 Å². The lowest BCUT2D eigenvalue weighted by Crippen LogP contribution is -2.34. The Kier molecular flexibility index (Phi) is 3.59. The van der Waals surface area contributed by atoms with Gasteiger partial charge in [0, 0.05) is 33.2 Å². The maximum Gasteiger partial charge on any atom is 0.0943 e. The van der Waals surface area contributed by atoms with Crippen molar-refractivity contribution < 1.29 is 14.6 Å². The summed E-state index contributed by atoms with van der Waals surface area (Å²) in [5.74, 6) is 0. The van der Waals surface area contributed by atoms with Gasteiger partial charge in [0.2, 0.25) is 0 Å². The fraction of sp³-hybridized carbons (Fsp3) is 0.538. The molecule has 0 unspecified atom stereocenters. The van der Waals surface area contributed by atoms with Gasteiger partial charge in [-0.25, -0.2) is 0 Å². The van der Waals surface area contributed by atoms with Gasteiger partial charge < -0.3 is 14.6 Å². The van der Waals surface area contributed by atoms with E-state index in [1.165, 1.54) is 0 Å². The highest BCUT2D eigenvalue weighted by Gasteiger charge is 2.33. The summed E-state index contributed by atoms with van der Waals surface area (Å²) in [6, 6.07) is 7.93. The van der Waals surface area contributed by atoms with Crippen molar-refractivity contribution in [2.45, 2.75) is 25.0 Å². The van der Waals surface area contributed by atoms with Crippen LogP contribution in [0, 0.1) is 0 Å². The number of hydrogen-bond donors (Lipinski definition) is 1. The fourth-order valence-electron chi connectivity index (χ4n) is 2.23. The molecule has 88 valence electrons. The summed E-state index contributed by atoms with van der Waals surface area (Å²) in [4.78, 5) is 0. The first-order chi connectivity index (χ1) is 7.76. The van der Waals surface area contributed by atoms with E-state index in [1.54, 1.807) is 7.11 Å². The Hall–Kier alpha value is -0.900. The Bertz CT molecular complexity index is 343. The van der Waals surface area contributed by atoms with Crippen molar-refractivity contribution >= 4 is 0 Å². The maximum absolute atomic E-state index is 10.6. The number of rotatable bonds is 3. The monoisotopic (exact) mass is 222 g/mol. The topological polar surface area (TPSA) is 38.7 Å². The van der Waals surface area contributed by atoms with Gasteiger partial charge in [0.1, 0.15) is 0 Å². The van der Waals surface area contributed by atoms with Crippen LogP contribution in [0.2, 0.25) is 0 Å². The Morgan fingerprint density at radius 3 is 2.69 bits per heavy atom. The van der Waals surface area contributed by atoms with Gasteiger partial charge in [-0.05, 0) is 11.1 Å². The Balaban J connectivity index is 2.30. The third-order valence-electron chi connectivity index (χ3n) is 3.14. The minimum atomic E-state index is -0.743. The highest BCUT2D eigenvalue weighted by atomic mass is 16.5. The van der Waals surface area contributed by atoms with Gasteiger partial charge in [-0.15, -0.1) is 0 Å². The third kappa shape index (κ3) is 2.26. The average molecular weight is 222 g/mol. The first-order valence-electron chi connectivity index (χ1n) is 5.64. The molecule has 1 aromatic carbocycles. The van der Waals surface area contributed by atoms with Crippen molar-refractivity contribution in [3.05, 3.63) is 35.4 Å². The van der Waals surface area contributed by atoms with Crippen LogP contribution in [0.25, 0.3) is 0 Å². The number of hydrogen-bond acceptors (Lipinski definition) is 3. The summed E-state index contributed by atoms with van der Waals surface area (Å²) in [7, 11) is 1.67. The van der Waals surface area contributed by atoms with Crippen molar-refractivity contribution in [3.8, 4) is 0 Å². The van der Waals surface area contributed by atoms with Crippen LogP contribution in [0.15, 0.2) is 24.3 Å². The Morgan fingerprint density at radius 1 is 1.31 bits per heavy atom. The maximum atomic E-state index is 10.6. The first-order valence-corrected chi connectivity index (χ1v) is 5.64. The molecule has 0 saturated carbocycles. The zero-order valence-electron chi connectivity index (χ0n) is 9.61. The van der Waals surface area contributed by atoms with Crippen molar-refractivity contribution in [3.63, 3.8) is 0 Å². The molecule has 3 nitrogen and oxygen atoms in total. The van der Waals surface area contributed by atoms with Crippen LogP contribution in [-0.4, -0.2) is 25.4 Å². The normalized spacial score (nSPS) is 19.6. The van der Waals surface area contributed by atoms with E-state index in [0.717, 1.165) is 11.1 Å². The van der Waals surface area contributed by atoms with Crippen LogP contribution in [0.5, 0.6) is 0 Å². The first kappa shape index (κ1) is 11.6. The second-order valence-electron chi connectivity index (χ2n) is 4.23. The summed E-state index contributed by atoms with van der Waals surface area (Å²) in [5, 5.41) is 10.6. The molecule has 1 aliphatic heterocycles. The smallest absolute Gasteiger partial charge is 0.0943 e. The van der Waals surface area contributed by atoms with E-state index in [0.29, 0.717) is 32.7 Å². The van der Waals surface area contributed by atoms with Gasteiger partial charge in [0.15, 0.2) is 0 Å². The fourth-order valence-corrected chi connectivity index (χ4v) is 2.23. The van der Waals surface area contributed by atoms with Gasteiger partial charge in [0.25, 0.3) is 0 Å². The predicted octanol–water partition coefficient (Wildman–Crippen LogP) is 1.83. The van der Waals surface area contributed by atoms with E-state index < -0.39 is 5.60 Å². The summed E-state index contributed by atoms with van der Waals surface area (Å²) >= 11 is 0. The van der Waals surface area contributed by atoms with Crippen LogP contribution < -0.4 is 0 Å². The van der Waals surface area contributed by atoms with Crippen molar-refractivity contribution in [2.24, 2.45) is 0 Å². The second-order valence-corrected chi connectivity index (χ2v) is 4.23. The van der Waals surface area contributed by atoms with Gasteiger partial charge in [-0.2, -0.15) is 0 Å². The van der Waals surface area contributed by atoms with Crippen molar-refractivity contribution in [1.82, 2.24) is 0 Å². The molecule has 1 fully saturated rings. The molecule has 1 aromatic rings. The van der Waals surface area contributed by atoms with Gasteiger partial charge in [0.05, 0.1) is 12.2 Å². The molecule has 0 spiro atoms. The SMILES string of the molecule is COCc1ccccc1C1(O)CCOCC1. The minimum Gasteiger partial charge on any atom is -0.385 e. The van der Waals surface area contributed by atoms with Gasteiger partial charge >= 0.3 is 0 Å². The molecule has 0 bridgehead atoms. The highest BCUT2D eigenvalue weighted by Crippen LogP contribution is 2.34. The van der Waals surface area contributed by atoms with E-state index in [2.05, 4.69) is 0 Å². The Labute approximate surface area is 96.0 Å². The third-order valence-corrected chi connectivity index (χ3v) is 3.14. The zero-order valence-corrected chi connectivity index (χ0v) is 9.61. The minimum absolute atomic E-state index is 0.541. The summed E-state index contributed by atoms with van der Waals surface area (Å²) in [6.07, 6.45) is 1.32. The molecular formula is C13H18O3. The van der Waals surface area contributed by atoms with Crippen LogP contribution in [0.4, 0.5) is 0 Å². The van der Waals surface area contributed by atoms with E-state index >= 15 is 0 Å². The van der Waals surface area contributed by atoms with E-state index in [1.807, 2.05) is 24.3 Å². The standard InChI is InChI=1S/C13H18O3/c1-15-10-11-4-2-3-5-12(11)13(14)6-8-16-9-7-13/h2-5,14H,6-10H2,1H3. The quantitative estimate of drug-likeness (QED) is 0.848. The largest absolute Gasteiger partial charge is 0.385 e. The number of methoxy groups -OCH3 is 1. The Morgan fingerprint density at radius 2 is 2.00 bits per heavy atom. The molecule has 16 heavy (non-hydrogen) atoms. The van der Waals surface area contributed by atoms with E-state index in [-0.39, 0.29) is 0 Å². The molecule has 0 aromatic heterocycles. The lowest BCUT2D eigenvalue weighted by Gasteiger charge is -2.34. The molecule has 0 amide bonds. The summed E-state index contributed by atoms with van der Waals surface area (Å²) in [5.41, 5.74) is 1.31. The molecule has 0 radical (unpaired) electrons. The molecule has 0 aliphatic carbocycles.